The number of alkyl halides is 3. The molecule has 1 aromatic carbocycles. The molecule has 210 valence electrons. The van der Waals surface area contributed by atoms with E-state index >= 15 is 0 Å². The number of rotatable bonds is 8. The Kier molecular flexibility index (Phi) is 11.3. The van der Waals surface area contributed by atoms with Gasteiger partial charge >= 0.3 is 5.51 Å². The molecule has 2 fully saturated rings. The van der Waals surface area contributed by atoms with E-state index in [0.29, 0.717) is 30.2 Å². The van der Waals surface area contributed by atoms with Crippen LogP contribution in [0.4, 0.5) is 24.7 Å². The Labute approximate surface area is 236 Å². The predicted octanol–water partition coefficient (Wildman–Crippen LogP) is 6.64. The lowest BCUT2D eigenvalue weighted by Crippen LogP contribution is -2.47. The average molecular weight is 593 g/mol. The van der Waals surface area contributed by atoms with Crippen LogP contribution in [-0.4, -0.2) is 78.1 Å². The normalized spacial score (nSPS) is 17.3. The highest BCUT2D eigenvalue weighted by Crippen LogP contribution is 2.41. The summed E-state index contributed by atoms with van der Waals surface area (Å²) in [6.45, 7) is 5.83. The molecule has 2 aliphatic heterocycles. The van der Waals surface area contributed by atoms with Crippen molar-refractivity contribution in [3.05, 3.63) is 46.6 Å². The van der Waals surface area contributed by atoms with Gasteiger partial charge in [-0.15, -0.1) is 0 Å². The van der Waals surface area contributed by atoms with Crippen molar-refractivity contribution in [2.24, 2.45) is 0 Å². The maximum atomic E-state index is 12.8. The number of anilines is 2. The second-order valence-corrected chi connectivity index (χ2v) is 11.2. The van der Waals surface area contributed by atoms with E-state index in [1.54, 1.807) is 12.3 Å². The fraction of sp³-hybridized carbons (Fsp3) is 0.538. The van der Waals surface area contributed by atoms with Crippen LogP contribution >= 0.6 is 35.0 Å². The van der Waals surface area contributed by atoms with Crippen LogP contribution < -0.4 is 10.2 Å². The van der Waals surface area contributed by atoms with Gasteiger partial charge in [0.25, 0.3) is 0 Å². The maximum absolute atomic E-state index is 12.8. The summed E-state index contributed by atoms with van der Waals surface area (Å²) in [6, 6.07) is 8.49. The smallest absolute Gasteiger partial charge is 0.382 e. The molecule has 0 radical (unpaired) electrons. The summed E-state index contributed by atoms with van der Waals surface area (Å²) in [4.78, 5) is 23.6. The Bertz CT molecular complexity index is 1040. The van der Waals surface area contributed by atoms with Crippen molar-refractivity contribution in [3.8, 4) is 0 Å². The molecule has 1 aromatic heterocycles. The molecule has 3 heterocycles. The Morgan fingerprint density at radius 2 is 1.76 bits per heavy atom. The lowest BCUT2D eigenvalue weighted by Gasteiger charge is -2.36. The van der Waals surface area contributed by atoms with Crippen molar-refractivity contribution in [1.82, 2.24) is 14.8 Å². The Morgan fingerprint density at radius 3 is 2.39 bits per heavy atom. The minimum absolute atomic E-state index is 0. The number of piperidine rings is 1. The summed E-state index contributed by atoms with van der Waals surface area (Å²) >= 11 is 11.6. The van der Waals surface area contributed by atoms with Crippen molar-refractivity contribution < 1.29 is 18.0 Å². The number of hydrogen-bond donors (Lipinski definition) is 1. The summed E-state index contributed by atoms with van der Waals surface area (Å²) in [5, 5.41) is 4.01. The van der Waals surface area contributed by atoms with E-state index in [0.717, 1.165) is 57.8 Å². The molecule has 0 spiro atoms. The Balaban J connectivity index is 0.00000400. The van der Waals surface area contributed by atoms with Crippen LogP contribution in [0.5, 0.6) is 0 Å². The van der Waals surface area contributed by atoms with Gasteiger partial charge in [-0.3, -0.25) is 9.69 Å². The van der Waals surface area contributed by atoms with Crippen LogP contribution in [0.1, 0.15) is 33.1 Å². The van der Waals surface area contributed by atoms with E-state index < -0.39 is 5.51 Å². The lowest BCUT2D eigenvalue weighted by molar-refractivity contribution is -0.132. The second-order valence-electron chi connectivity index (χ2n) is 9.26. The maximum Gasteiger partial charge on any atom is 0.446 e. The Morgan fingerprint density at radius 1 is 1.05 bits per heavy atom. The second kappa shape index (κ2) is 14.0. The fourth-order valence-corrected chi connectivity index (χ4v) is 5.62. The van der Waals surface area contributed by atoms with Crippen LogP contribution in [0.2, 0.25) is 10.0 Å². The number of nitrogens with zero attached hydrogens (tertiary/aromatic N) is 4. The minimum Gasteiger partial charge on any atom is -0.382 e. The first-order valence-electron chi connectivity index (χ1n) is 12.3. The van der Waals surface area contributed by atoms with Crippen molar-refractivity contribution in [3.63, 3.8) is 0 Å². The highest BCUT2D eigenvalue weighted by atomic mass is 35.5. The van der Waals surface area contributed by atoms with E-state index in [1.807, 2.05) is 17.0 Å². The number of pyridine rings is 1. The number of nitrogens with one attached hydrogen (secondary N) is 1. The quantitative estimate of drug-likeness (QED) is 0.347. The summed E-state index contributed by atoms with van der Waals surface area (Å²) < 4.78 is 38.3. The third-order valence-electron chi connectivity index (χ3n) is 6.65. The molecule has 0 saturated carbocycles. The molecule has 1 N–H and O–H groups in total. The number of piperazine rings is 1. The molecule has 2 aliphatic rings. The third-order valence-corrected chi connectivity index (χ3v) is 8.10. The number of benzene rings is 1. The van der Waals surface area contributed by atoms with Crippen molar-refractivity contribution in [2.45, 2.75) is 49.6 Å². The topological polar surface area (TPSA) is 51.7 Å². The summed E-state index contributed by atoms with van der Waals surface area (Å²) in [5.41, 5.74) is -3.79. The molecule has 6 nitrogen and oxygen atoms in total. The molecule has 0 aliphatic carbocycles. The van der Waals surface area contributed by atoms with E-state index in [1.165, 1.54) is 12.1 Å². The average Bonchev–Trinajstić information content (AvgIpc) is 2.86. The standard InChI is InChI=1S/C25H30Cl2F3N5OS.CH4/c26-18-3-6-23(31-17-18)34-14-12-33(13-15-34)9-1-2-24(36)35-10-7-19(8-11-35)32-20-4-5-21(27)22(16-20)37-25(28,29)30;/h3-6,16-17,19,32H,1-2,7-15H2;1H4. The van der Waals surface area contributed by atoms with E-state index in [9.17, 15) is 18.0 Å². The first kappa shape index (κ1) is 30.7. The van der Waals surface area contributed by atoms with Crippen LogP contribution in [0, 0.1) is 0 Å². The monoisotopic (exact) mass is 591 g/mol. The largest absolute Gasteiger partial charge is 0.446 e. The highest BCUT2D eigenvalue weighted by molar-refractivity contribution is 8.00. The van der Waals surface area contributed by atoms with Crippen molar-refractivity contribution >= 4 is 52.4 Å². The van der Waals surface area contributed by atoms with E-state index in [-0.39, 0.29) is 41.1 Å². The van der Waals surface area contributed by atoms with E-state index in [4.69, 9.17) is 23.2 Å². The number of carbonyl (C=O) groups is 1. The molecule has 12 heteroatoms. The number of hydrogen-bond acceptors (Lipinski definition) is 6. The predicted molar refractivity (Wildman–Crippen MR) is 150 cm³/mol. The molecule has 38 heavy (non-hydrogen) atoms. The SMILES string of the molecule is C.O=C(CCCN1CCN(c2ccc(Cl)cn2)CC1)N1CCC(Nc2ccc(Cl)c(SC(F)(F)F)c2)CC1. The fourth-order valence-electron chi connectivity index (χ4n) is 4.67. The zero-order valence-corrected chi connectivity index (χ0v) is 22.6. The van der Waals surface area contributed by atoms with Gasteiger partial charge in [0.1, 0.15) is 5.82 Å². The molecular weight excluding hydrogens is 558 g/mol. The van der Waals surface area contributed by atoms with Gasteiger partial charge in [-0.2, -0.15) is 13.2 Å². The lowest BCUT2D eigenvalue weighted by atomic mass is 10.0. The third kappa shape index (κ3) is 9.10. The molecule has 0 bridgehead atoms. The van der Waals surface area contributed by atoms with Gasteiger partial charge in [0.15, 0.2) is 0 Å². The molecule has 0 unspecified atom stereocenters. The molecule has 4 rings (SSSR count). The van der Waals surface area contributed by atoms with Crippen molar-refractivity contribution in [1.29, 1.82) is 0 Å². The van der Waals surface area contributed by atoms with Crippen LogP contribution in [0.15, 0.2) is 41.4 Å². The van der Waals surface area contributed by atoms with Gasteiger partial charge in [-0.05, 0) is 67.9 Å². The molecule has 1 amide bonds. The first-order valence-corrected chi connectivity index (χ1v) is 13.9. The van der Waals surface area contributed by atoms with Gasteiger partial charge in [-0.25, -0.2) is 4.98 Å². The van der Waals surface area contributed by atoms with Gasteiger partial charge < -0.3 is 15.1 Å². The van der Waals surface area contributed by atoms with Crippen LogP contribution in [-0.2, 0) is 4.79 Å². The molecule has 2 saturated heterocycles. The molecule has 2 aromatic rings. The number of carbonyl (C=O) groups excluding carboxylic acids is 1. The minimum atomic E-state index is -4.39. The van der Waals surface area contributed by atoms with Crippen LogP contribution in [0.25, 0.3) is 0 Å². The van der Waals surface area contributed by atoms with E-state index in [2.05, 4.69) is 20.1 Å². The zero-order chi connectivity index (χ0) is 26.4. The van der Waals surface area contributed by atoms with Crippen LogP contribution in [0.3, 0.4) is 0 Å². The number of halogens is 5. The zero-order valence-electron chi connectivity index (χ0n) is 20.3. The van der Waals surface area contributed by atoms with Gasteiger partial charge in [-0.1, -0.05) is 30.6 Å². The number of likely N-dealkylation sites (tertiary alicyclic amines) is 1. The summed E-state index contributed by atoms with van der Waals surface area (Å²) in [6.07, 6.45) is 4.50. The molecular formula is C26H34Cl2F3N5OS. The summed E-state index contributed by atoms with van der Waals surface area (Å²) in [5.74, 6) is 1.10. The summed E-state index contributed by atoms with van der Waals surface area (Å²) in [7, 11) is 0. The number of aromatic nitrogens is 1. The van der Waals surface area contributed by atoms with Crippen molar-refractivity contribution in [2.75, 3.05) is 56.0 Å². The number of amides is 1. The first-order chi connectivity index (χ1) is 17.7. The van der Waals surface area contributed by atoms with Gasteiger partial charge in [0.2, 0.25) is 5.91 Å². The Hall–Kier alpha value is -1.88. The highest BCUT2D eigenvalue weighted by Gasteiger charge is 2.30. The molecule has 0 atom stereocenters. The van der Waals surface area contributed by atoms with Gasteiger partial charge in [0.05, 0.1) is 10.0 Å². The van der Waals surface area contributed by atoms with Gasteiger partial charge in [0, 0.05) is 68.5 Å². The number of thioether (sulfide) groups is 1.